The number of hydrogen-bond donors (Lipinski definition) is 2. The summed E-state index contributed by atoms with van der Waals surface area (Å²) >= 11 is 6.76. The van der Waals surface area contributed by atoms with Crippen molar-refractivity contribution < 1.29 is 9.53 Å². The zero-order valence-electron chi connectivity index (χ0n) is 16.5. The smallest absolute Gasteiger partial charge is 0.262 e. The second-order valence-electron chi connectivity index (χ2n) is 6.89. The van der Waals surface area contributed by atoms with Gasteiger partial charge >= 0.3 is 0 Å². The number of fused-ring (bicyclic) bond motifs is 2. The van der Waals surface area contributed by atoms with Gasteiger partial charge in [-0.25, -0.2) is 4.98 Å². The molecule has 0 bridgehead atoms. The molecule has 2 aromatic carbocycles. The van der Waals surface area contributed by atoms with Crippen LogP contribution >= 0.6 is 23.6 Å². The van der Waals surface area contributed by atoms with Crippen molar-refractivity contribution in [2.45, 2.75) is 19.9 Å². The number of para-hydroxylation sites is 1. The van der Waals surface area contributed by atoms with Gasteiger partial charge in [-0.3, -0.25) is 19.5 Å². The highest BCUT2D eigenvalue weighted by Crippen LogP contribution is 2.28. The fourth-order valence-electron chi connectivity index (χ4n) is 3.27. The highest BCUT2D eigenvalue weighted by atomic mass is 32.1. The Labute approximate surface area is 181 Å². The molecule has 4 aromatic rings. The predicted molar refractivity (Wildman–Crippen MR) is 122 cm³/mol. The number of carbonyl (C=O) groups excluding carboxylic acids is 1. The van der Waals surface area contributed by atoms with E-state index in [2.05, 4.69) is 15.3 Å². The second kappa shape index (κ2) is 8.47. The fourth-order valence-corrected chi connectivity index (χ4v) is 4.50. The van der Waals surface area contributed by atoms with Gasteiger partial charge in [-0.05, 0) is 55.4 Å². The minimum Gasteiger partial charge on any atom is -0.385 e. The largest absolute Gasteiger partial charge is 0.385 e. The van der Waals surface area contributed by atoms with Crippen LogP contribution in [0.3, 0.4) is 0 Å². The number of anilines is 1. The van der Waals surface area contributed by atoms with Crippen LogP contribution in [0, 0.1) is 11.7 Å². The number of aromatic nitrogens is 3. The maximum atomic E-state index is 12.8. The van der Waals surface area contributed by atoms with Crippen LogP contribution in [-0.2, 0) is 11.3 Å². The number of rotatable bonds is 6. The normalized spacial score (nSPS) is 11.3. The number of benzene rings is 2. The lowest BCUT2D eigenvalue weighted by molar-refractivity contribution is 0.102. The van der Waals surface area contributed by atoms with Crippen LogP contribution in [0.25, 0.3) is 21.1 Å². The van der Waals surface area contributed by atoms with Crippen LogP contribution in [-0.4, -0.2) is 34.2 Å². The number of hydrogen-bond acceptors (Lipinski definition) is 6. The molecule has 2 heterocycles. The topological polar surface area (TPSA) is 89.0 Å². The van der Waals surface area contributed by atoms with Crippen LogP contribution in [0.15, 0.2) is 41.2 Å². The van der Waals surface area contributed by atoms with E-state index in [4.69, 9.17) is 17.0 Å². The molecule has 9 heteroatoms. The number of methoxy groups -OCH3 is 1. The minimum absolute atomic E-state index is 0.182. The Morgan fingerprint density at radius 2 is 2.17 bits per heavy atom. The molecule has 2 N–H and O–H groups in total. The number of H-pyrrole nitrogens is 1. The van der Waals surface area contributed by atoms with Crippen molar-refractivity contribution >= 4 is 55.7 Å². The first kappa shape index (κ1) is 20.4. The Hall–Kier alpha value is -2.88. The van der Waals surface area contributed by atoms with Crippen molar-refractivity contribution in [1.29, 1.82) is 0 Å². The summed E-state index contributed by atoms with van der Waals surface area (Å²) in [6.45, 7) is 3.00. The lowest BCUT2D eigenvalue weighted by atomic mass is 10.1. The number of thiazole rings is 1. The molecule has 1 amide bonds. The standard InChI is InChI=1S/C21H20N4O3S2/c1-12-5-3-6-16-17(12)23-20(30-16)24-18(26)13-7-8-14-15(11-13)22-21(29)25(19(14)27)9-4-10-28-2/h3,5-8,11H,4,9-10H2,1-2H3,(H,22,29)(H,23,24,26). The van der Waals surface area contributed by atoms with Gasteiger partial charge in [-0.15, -0.1) is 0 Å². The van der Waals surface area contributed by atoms with Crippen LogP contribution in [0.2, 0.25) is 0 Å². The Morgan fingerprint density at radius 1 is 1.33 bits per heavy atom. The molecule has 2 aromatic heterocycles. The van der Waals surface area contributed by atoms with E-state index in [-0.39, 0.29) is 11.5 Å². The Morgan fingerprint density at radius 3 is 2.93 bits per heavy atom. The predicted octanol–water partition coefficient (Wildman–Crippen LogP) is 4.27. The number of carbonyl (C=O) groups is 1. The van der Waals surface area contributed by atoms with Gasteiger partial charge in [0.05, 0.1) is 21.1 Å². The summed E-state index contributed by atoms with van der Waals surface area (Å²) in [5.41, 5.74) is 2.71. The van der Waals surface area contributed by atoms with Gasteiger partial charge in [-0.2, -0.15) is 0 Å². The quantitative estimate of drug-likeness (QED) is 0.345. The van der Waals surface area contributed by atoms with Gasteiger partial charge in [0.2, 0.25) is 0 Å². The van der Waals surface area contributed by atoms with Crippen molar-refractivity contribution in [2.75, 3.05) is 19.0 Å². The van der Waals surface area contributed by atoms with Crippen LogP contribution in [0.4, 0.5) is 5.13 Å². The maximum absolute atomic E-state index is 12.8. The Balaban J connectivity index is 1.63. The molecule has 0 atom stereocenters. The van der Waals surface area contributed by atoms with Crippen molar-refractivity contribution in [3.8, 4) is 0 Å². The number of nitrogens with one attached hydrogen (secondary N) is 2. The second-order valence-corrected chi connectivity index (χ2v) is 8.31. The highest BCUT2D eigenvalue weighted by Gasteiger charge is 2.13. The molecule has 0 fully saturated rings. The number of aromatic amines is 1. The molecule has 0 saturated heterocycles. The van der Waals surface area contributed by atoms with Gasteiger partial charge < -0.3 is 9.72 Å². The lowest BCUT2D eigenvalue weighted by Gasteiger charge is -2.09. The van der Waals surface area contributed by atoms with E-state index < -0.39 is 0 Å². The fraction of sp³-hybridized carbons (Fsp3) is 0.238. The molecule has 0 aliphatic carbocycles. The van der Waals surface area contributed by atoms with Crippen LogP contribution < -0.4 is 10.9 Å². The number of aryl methyl sites for hydroxylation is 1. The average Bonchev–Trinajstić information content (AvgIpc) is 3.14. The van der Waals surface area contributed by atoms with Crippen LogP contribution in [0.5, 0.6) is 0 Å². The summed E-state index contributed by atoms with van der Waals surface area (Å²) in [5, 5.41) is 3.86. The molecule has 154 valence electrons. The van der Waals surface area contributed by atoms with Gasteiger partial charge in [0.15, 0.2) is 9.90 Å². The SMILES string of the molecule is COCCCn1c(=S)[nH]c2cc(C(=O)Nc3nc4c(C)cccc4s3)ccc2c1=O. The van der Waals surface area contributed by atoms with Gasteiger partial charge in [0, 0.05) is 25.8 Å². The van der Waals surface area contributed by atoms with E-state index in [0.717, 1.165) is 15.8 Å². The van der Waals surface area contributed by atoms with Crippen molar-refractivity contribution in [2.24, 2.45) is 0 Å². The summed E-state index contributed by atoms with van der Waals surface area (Å²) in [6.07, 6.45) is 0.682. The molecule has 0 unspecified atom stereocenters. The zero-order valence-corrected chi connectivity index (χ0v) is 18.2. The summed E-state index contributed by atoms with van der Waals surface area (Å²) in [4.78, 5) is 33.1. The third kappa shape index (κ3) is 3.91. The molecule has 0 spiro atoms. The van der Waals surface area contributed by atoms with E-state index in [9.17, 15) is 9.59 Å². The van der Waals surface area contributed by atoms with Crippen molar-refractivity contribution in [1.82, 2.24) is 14.5 Å². The van der Waals surface area contributed by atoms with E-state index in [1.54, 1.807) is 25.3 Å². The van der Waals surface area contributed by atoms with Gasteiger partial charge in [0.1, 0.15) is 0 Å². The molecular weight excluding hydrogens is 420 g/mol. The molecule has 4 rings (SSSR count). The number of amides is 1. The van der Waals surface area contributed by atoms with E-state index in [1.165, 1.54) is 15.9 Å². The van der Waals surface area contributed by atoms with Crippen LogP contribution in [0.1, 0.15) is 22.3 Å². The Kier molecular flexibility index (Phi) is 5.76. The molecular formula is C21H20N4O3S2. The summed E-state index contributed by atoms with van der Waals surface area (Å²) < 4.78 is 7.89. The van der Waals surface area contributed by atoms with E-state index in [0.29, 0.717) is 45.9 Å². The number of ether oxygens (including phenoxy) is 1. The first-order chi connectivity index (χ1) is 14.5. The van der Waals surface area contributed by atoms with E-state index in [1.807, 2.05) is 25.1 Å². The third-order valence-electron chi connectivity index (χ3n) is 4.82. The summed E-state index contributed by atoms with van der Waals surface area (Å²) in [6, 6.07) is 10.8. The maximum Gasteiger partial charge on any atom is 0.262 e. The lowest BCUT2D eigenvalue weighted by Crippen LogP contribution is -2.23. The Bertz CT molecular complexity index is 1370. The van der Waals surface area contributed by atoms with Crippen molar-refractivity contribution in [3.05, 3.63) is 62.6 Å². The molecule has 7 nitrogen and oxygen atoms in total. The van der Waals surface area contributed by atoms with E-state index >= 15 is 0 Å². The van der Waals surface area contributed by atoms with Crippen molar-refractivity contribution in [3.63, 3.8) is 0 Å². The molecule has 30 heavy (non-hydrogen) atoms. The van der Waals surface area contributed by atoms with Gasteiger partial charge in [0.25, 0.3) is 11.5 Å². The first-order valence-corrected chi connectivity index (χ1v) is 10.6. The molecule has 0 radical (unpaired) electrons. The average molecular weight is 441 g/mol. The van der Waals surface area contributed by atoms with Gasteiger partial charge in [-0.1, -0.05) is 23.5 Å². The zero-order chi connectivity index (χ0) is 21.3. The summed E-state index contributed by atoms with van der Waals surface area (Å²) in [7, 11) is 1.62. The summed E-state index contributed by atoms with van der Waals surface area (Å²) in [5.74, 6) is -0.294. The monoisotopic (exact) mass is 440 g/mol. The first-order valence-electron chi connectivity index (χ1n) is 9.41. The molecule has 0 aliphatic heterocycles. The molecule has 0 saturated carbocycles. The number of nitrogens with zero attached hydrogens (tertiary/aromatic N) is 2. The molecule has 0 aliphatic rings. The third-order valence-corrected chi connectivity index (χ3v) is 6.07. The highest BCUT2D eigenvalue weighted by molar-refractivity contribution is 7.71. The minimum atomic E-state index is -0.294.